The van der Waals surface area contributed by atoms with Crippen molar-refractivity contribution in [3.63, 3.8) is 0 Å². The van der Waals surface area contributed by atoms with Crippen LogP contribution < -0.4 is 0 Å². The Morgan fingerprint density at radius 3 is 2.21 bits per heavy atom. The molecule has 1 amide bonds. The van der Waals surface area contributed by atoms with Crippen LogP contribution in [0.2, 0.25) is 19.1 Å². The Morgan fingerprint density at radius 1 is 1.21 bits per heavy atom. The van der Waals surface area contributed by atoms with Crippen molar-refractivity contribution in [3.8, 4) is 0 Å². The standard InChI is InChI=1S/C11H25NOSi/c1-6-7-8-9-10-14(4,5)12(3)11(2)13/h6-10H2,1-5H3. The summed E-state index contributed by atoms with van der Waals surface area (Å²) in [6, 6.07) is 1.24. The minimum atomic E-state index is -1.44. The number of hydrogen-bond donors (Lipinski definition) is 0. The SMILES string of the molecule is CCCCCC[Si](C)(C)N(C)C(C)=O. The van der Waals surface area contributed by atoms with Crippen LogP contribution in [0.25, 0.3) is 0 Å². The summed E-state index contributed by atoms with van der Waals surface area (Å²) in [7, 11) is 0.517. The van der Waals surface area contributed by atoms with E-state index in [0.717, 1.165) is 0 Å². The lowest BCUT2D eigenvalue weighted by molar-refractivity contribution is -0.124. The van der Waals surface area contributed by atoms with E-state index in [9.17, 15) is 4.79 Å². The first-order valence-electron chi connectivity index (χ1n) is 5.66. The Hall–Kier alpha value is -0.313. The summed E-state index contributed by atoms with van der Waals surface area (Å²) in [5, 5.41) is 0. The third-order valence-corrected chi connectivity index (χ3v) is 6.73. The maximum absolute atomic E-state index is 11.2. The summed E-state index contributed by atoms with van der Waals surface area (Å²) in [6.45, 7) is 8.45. The van der Waals surface area contributed by atoms with Gasteiger partial charge in [-0.1, -0.05) is 45.7 Å². The number of unbranched alkanes of at least 4 members (excludes halogenated alkanes) is 3. The molecule has 0 radical (unpaired) electrons. The van der Waals surface area contributed by atoms with Crippen molar-refractivity contribution in [1.82, 2.24) is 4.57 Å². The van der Waals surface area contributed by atoms with Crippen molar-refractivity contribution in [2.75, 3.05) is 7.05 Å². The van der Waals surface area contributed by atoms with Gasteiger partial charge in [-0.15, -0.1) is 0 Å². The highest BCUT2D eigenvalue weighted by Crippen LogP contribution is 2.18. The average molecular weight is 215 g/mol. The molecule has 14 heavy (non-hydrogen) atoms. The van der Waals surface area contributed by atoms with Crippen LogP contribution >= 0.6 is 0 Å². The van der Waals surface area contributed by atoms with E-state index in [1.165, 1.54) is 31.7 Å². The molecule has 0 bridgehead atoms. The highest BCUT2D eigenvalue weighted by Gasteiger charge is 2.27. The van der Waals surface area contributed by atoms with E-state index < -0.39 is 8.24 Å². The third kappa shape index (κ3) is 4.79. The van der Waals surface area contributed by atoms with Gasteiger partial charge < -0.3 is 4.57 Å². The van der Waals surface area contributed by atoms with Crippen LogP contribution in [0.15, 0.2) is 0 Å². The monoisotopic (exact) mass is 215 g/mol. The van der Waals surface area contributed by atoms with Crippen LogP contribution in [0, 0.1) is 0 Å². The zero-order valence-corrected chi connectivity index (χ0v) is 11.4. The molecule has 0 rings (SSSR count). The fourth-order valence-corrected chi connectivity index (χ4v) is 3.88. The Balaban J connectivity index is 3.88. The number of rotatable bonds is 6. The van der Waals surface area contributed by atoms with E-state index in [-0.39, 0.29) is 5.91 Å². The van der Waals surface area contributed by atoms with E-state index in [0.29, 0.717) is 0 Å². The molecule has 0 N–H and O–H groups in total. The summed E-state index contributed by atoms with van der Waals surface area (Å²) < 4.78 is 1.99. The fraction of sp³-hybridized carbons (Fsp3) is 0.909. The van der Waals surface area contributed by atoms with Crippen molar-refractivity contribution in [1.29, 1.82) is 0 Å². The highest BCUT2D eigenvalue weighted by molar-refractivity contribution is 6.76. The molecule has 0 unspecified atom stereocenters. The quantitative estimate of drug-likeness (QED) is 0.492. The molecule has 0 saturated heterocycles. The van der Waals surface area contributed by atoms with Gasteiger partial charge in [0.1, 0.15) is 0 Å². The van der Waals surface area contributed by atoms with Crippen molar-refractivity contribution in [3.05, 3.63) is 0 Å². The number of nitrogens with zero attached hydrogens (tertiary/aromatic N) is 1. The fourth-order valence-electron chi connectivity index (χ4n) is 1.58. The number of carbonyl (C=O) groups is 1. The van der Waals surface area contributed by atoms with Gasteiger partial charge in [0.05, 0.1) is 0 Å². The smallest absolute Gasteiger partial charge is 0.211 e. The van der Waals surface area contributed by atoms with E-state index in [1.807, 2.05) is 11.6 Å². The van der Waals surface area contributed by atoms with Crippen LogP contribution in [-0.4, -0.2) is 25.8 Å². The van der Waals surface area contributed by atoms with Gasteiger partial charge in [0.15, 0.2) is 8.24 Å². The lowest BCUT2D eigenvalue weighted by Gasteiger charge is -2.33. The molecule has 0 spiro atoms. The molecule has 0 heterocycles. The van der Waals surface area contributed by atoms with Crippen molar-refractivity contribution in [2.45, 2.75) is 58.7 Å². The third-order valence-electron chi connectivity index (χ3n) is 3.02. The molecule has 0 aromatic carbocycles. The topological polar surface area (TPSA) is 20.3 Å². The molecule has 0 aliphatic carbocycles. The van der Waals surface area contributed by atoms with Crippen molar-refractivity contribution >= 4 is 14.1 Å². The summed E-state index contributed by atoms with van der Waals surface area (Å²) in [4.78, 5) is 11.2. The Kier molecular flexibility index (Phi) is 6.08. The second-order valence-electron chi connectivity index (χ2n) is 4.70. The average Bonchev–Trinajstić information content (AvgIpc) is 2.11. The Bertz CT molecular complexity index is 180. The number of carbonyl (C=O) groups excluding carboxylic acids is 1. The van der Waals surface area contributed by atoms with Crippen LogP contribution in [0.1, 0.15) is 39.5 Å². The number of amides is 1. The second-order valence-corrected chi connectivity index (χ2v) is 9.50. The van der Waals surface area contributed by atoms with E-state index >= 15 is 0 Å². The van der Waals surface area contributed by atoms with Crippen LogP contribution in [0.3, 0.4) is 0 Å². The van der Waals surface area contributed by atoms with Crippen LogP contribution in [0.4, 0.5) is 0 Å². The van der Waals surface area contributed by atoms with Gasteiger partial charge >= 0.3 is 0 Å². The molecule has 0 aromatic rings. The van der Waals surface area contributed by atoms with Crippen molar-refractivity contribution < 1.29 is 4.79 Å². The lowest BCUT2D eigenvalue weighted by Crippen LogP contribution is -2.48. The molecular weight excluding hydrogens is 190 g/mol. The molecule has 3 heteroatoms. The summed E-state index contributed by atoms with van der Waals surface area (Å²) in [5.41, 5.74) is 0. The molecule has 2 nitrogen and oxygen atoms in total. The van der Waals surface area contributed by atoms with Gasteiger partial charge in [-0.3, -0.25) is 4.79 Å². The zero-order valence-electron chi connectivity index (χ0n) is 10.4. The molecule has 84 valence electrons. The predicted octanol–water partition coefficient (Wildman–Crippen LogP) is 3.25. The minimum absolute atomic E-state index is 0.220. The molecule has 0 fully saturated rings. The summed E-state index contributed by atoms with van der Waals surface area (Å²) >= 11 is 0. The lowest BCUT2D eigenvalue weighted by atomic mass is 10.2. The largest absolute Gasteiger partial charge is 0.373 e. The Labute approximate surface area is 89.8 Å². The van der Waals surface area contributed by atoms with Gasteiger partial charge in [-0.25, -0.2) is 0 Å². The molecular formula is C11H25NOSi. The van der Waals surface area contributed by atoms with Gasteiger partial charge in [0.2, 0.25) is 5.91 Å². The summed E-state index contributed by atoms with van der Waals surface area (Å²) in [6.07, 6.45) is 5.21. The summed E-state index contributed by atoms with van der Waals surface area (Å²) in [5.74, 6) is 0.220. The normalized spacial score (nSPS) is 11.5. The molecule has 0 aliphatic heterocycles. The van der Waals surface area contributed by atoms with Crippen LogP contribution in [0.5, 0.6) is 0 Å². The molecule has 0 aliphatic rings. The highest BCUT2D eigenvalue weighted by atomic mass is 28.3. The maximum atomic E-state index is 11.2. The van der Waals surface area contributed by atoms with E-state index in [4.69, 9.17) is 0 Å². The predicted molar refractivity (Wildman–Crippen MR) is 64.9 cm³/mol. The first-order chi connectivity index (χ1) is 6.41. The molecule has 0 aromatic heterocycles. The molecule has 0 saturated carbocycles. The first kappa shape index (κ1) is 13.7. The van der Waals surface area contributed by atoms with Crippen molar-refractivity contribution in [2.24, 2.45) is 0 Å². The van der Waals surface area contributed by atoms with Gasteiger partial charge in [-0.05, 0) is 6.04 Å². The second kappa shape index (κ2) is 6.22. The Morgan fingerprint density at radius 2 is 1.79 bits per heavy atom. The van der Waals surface area contributed by atoms with Gasteiger partial charge in [0, 0.05) is 14.0 Å². The van der Waals surface area contributed by atoms with E-state index in [2.05, 4.69) is 20.0 Å². The maximum Gasteiger partial charge on any atom is 0.211 e. The van der Waals surface area contributed by atoms with Gasteiger partial charge in [-0.2, -0.15) is 0 Å². The molecule has 0 atom stereocenters. The van der Waals surface area contributed by atoms with Gasteiger partial charge in [0.25, 0.3) is 0 Å². The van der Waals surface area contributed by atoms with E-state index in [1.54, 1.807) is 6.92 Å². The minimum Gasteiger partial charge on any atom is -0.373 e. The van der Waals surface area contributed by atoms with Crippen LogP contribution in [-0.2, 0) is 4.79 Å². The number of hydrogen-bond acceptors (Lipinski definition) is 1. The zero-order chi connectivity index (χ0) is 11.2. The first-order valence-corrected chi connectivity index (χ1v) is 8.81.